The molecule has 2 rings (SSSR count). The topological polar surface area (TPSA) is 38.1 Å². The Hall–Kier alpha value is -1.13. The zero-order valence-electron chi connectivity index (χ0n) is 11.5. The lowest BCUT2D eigenvalue weighted by atomic mass is 10.1. The standard InChI is InChI=1S/C15H19BrN2O/c1-10(2)17-7-6-15-18-9-14(19-15)12-5-4-11(3)8-13(12)16/h4-5,8-10,17H,6-7H2,1-3H3. The van der Waals surface area contributed by atoms with E-state index in [2.05, 4.69) is 65.2 Å². The summed E-state index contributed by atoms with van der Waals surface area (Å²) in [5.74, 6) is 1.59. The maximum atomic E-state index is 5.79. The molecule has 1 heterocycles. The van der Waals surface area contributed by atoms with Crippen molar-refractivity contribution in [3.05, 3.63) is 40.3 Å². The van der Waals surface area contributed by atoms with Gasteiger partial charge in [-0.25, -0.2) is 4.98 Å². The van der Waals surface area contributed by atoms with Crippen LogP contribution >= 0.6 is 15.9 Å². The molecule has 0 aliphatic heterocycles. The van der Waals surface area contributed by atoms with Gasteiger partial charge in [0, 0.05) is 29.0 Å². The fourth-order valence-electron chi connectivity index (χ4n) is 1.84. The number of nitrogens with one attached hydrogen (secondary N) is 1. The van der Waals surface area contributed by atoms with Crippen molar-refractivity contribution < 1.29 is 4.42 Å². The highest BCUT2D eigenvalue weighted by molar-refractivity contribution is 9.10. The first-order chi connectivity index (χ1) is 9.06. The molecule has 1 N–H and O–H groups in total. The Morgan fingerprint density at radius 1 is 1.37 bits per heavy atom. The van der Waals surface area contributed by atoms with Gasteiger partial charge in [0.15, 0.2) is 11.7 Å². The molecule has 0 fully saturated rings. The van der Waals surface area contributed by atoms with E-state index < -0.39 is 0 Å². The number of halogens is 1. The Bertz CT molecular complexity index is 549. The molecule has 0 bridgehead atoms. The molecule has 1 aromatic heterocycles. The Morgan fingerprint density at radius 2 is 2.16 bits per heavy atom. The number of hydrogen-bond acceptors (Lipinski definition) is 3. The van der Waals surface area contributed by atoms with E-state index in [4.69, 9.17) is 4.42 Å². The highest BCUT2D eigenvalue weighted by Crippen LogP contribution is 2.29. The Balaban J connectivity index is 2.08. The molecule has 4 heteroatoms. The fourth-order valence-corrected chi connectivity index (χ4v) is 2.53. The van der Waals surface area contributed by atoms with Gasteiger partial charge in [0.1, 0.15) is 0 Å². The van der Waals surface area contributed by atoms with Gasteiger partial charge in [-0.15, -0.1) is 0 Å². The van der Waals surface area contributed by atoms with E-state index in [-0.39, 0.29) is 0 Å². The van der Waals surface area contributed by atoms with Crippen molar-refractivity contribution >= 4 is 15.9 Å². The van der Waals surface area contributed by atoms with Crippen LogP contribution in [0.3, 0.4) is 0 Å². The molecule has 0 aliphatic rings. The summed E-state index contributed by atoms with van der Waals surface area (Å²) in [5, 5.41) is 3.35. The number of benzene rings is 1. The molecule has 0 amide bonds. The highest BCUT2D eigenvalue weighted by Gasteiger charge is 2.09. The number of hydrogen-bond donors (Lipinski definition) is 1. The van der Waals surface area contributed by atoms with Crippen LogP contribution in [0.1, 0.15) is 25.3 Å². The molecular formula is C15H19BrN2O. The summed E-state index contributed by atoms with van der Waals surface area (Å²) >= 11 is 3.56. The van der Waals surface area contributed by atoms with Gasteiger partial charge in [-0.2, -0.15) is 0 Å². The lowest BCUT2D eigenvalue weighted by Gasteiger charge is -2.05. The lowest BCUT2D eigenvalue weighted by Crippen LogP contribution is -2.24. The van der Waals surface area contributed by atoms with Gasteiger partial charge < -0.3 is 9.73 Å². The number of oxazole rings is 1. The van der Waals surface area contributed by atoms with E-state index >= 15 is 0 Å². The van der Waals surface area contributed by atoms with Crippen molar-refractivity contribution in [3.8, 4) is 11.3 Å². The van der Waals surface area contributed by atoms with Crippen LogP contribution in [0.4, 0.5) is 0 Å². The van der Waals surface area contributed by atoms with Crippen LogP contribution in [0, 0.1) is 6.92 Å². The molecule has 3 nitrogen and oxygen atoms in total. The smallest absolute Gasteiger partial charge is 0.196 e. The minimum absolute atomic E-state index is 0.487. The maximum Gasteiger partial charge on any atom is 0.196 e. The number of nitrogens with zero attached hydrogens (tertiary/aromatic N) is 1. The van der Waals surface area contributed by atoms with Crippen molar-refractivity contribution in [2.24, 2.45) is 0 Å². The highest BCUT2D eigenvalue weighted by atomic mass is 79.9. The largest absolute Gasteiger partial charge is 0.441 e. The minimum atomic E-state index is 0.487. The molecule has 0 saturated carbocycles. The van der Waals surface area contributed by atoms with E-state index in [0.717, 1.165) is 34.7 Å². The number of aryl methyl sites for hydroxylation is 1. The van der Waals surface area contributed by atoms with Gasteiger partial charge in [0.2, 0.25) is 0 Å². The summed E-state index contributed by atoms with van der Waals surface area (Å²) in [7, 11) is 0. The van der Waals surface area contributed by atoms with Crippen molar-refractivity contribution in [2.75, 3.05) is 6.54 Å². The monoisotopic (exact) mass is 322 g/mol. The summed E-state index contributed by atoms with van der Waals surface area (Å²) in [6, 6.07) is 6.69. The van der Waals surface area contributed by atoms with Gasteiger partial charge in [0.25, 0.3) is 0 Å². The second-order valence-electron chi connectivity index (χ2n) is 4.96. The van der Waals surface area contributed by atoms with Crippen LogP contribution in [0.5, 0.6) is 0 Å². The van der Waals surface area contributed by atoms with E-state index in [1.165, 1.54) is 5.56 Å². The summed E-state index contributed by atoms with van der Waals surface area (Å²) in [6.07, 6.45) is 2.60. The number of rotatable bonds is 5. The molecule has 0 atom stereocenters. The molecule has 2 aromatic rings. The third-order valence-electron chi connectivity index (χ3n) is 2.84. The second-order valence-corrected chi connectivity index (χ2v) is 5.81. The van der Waals surface area contributed by atoms with Gasteiger partial charge in [0.05, 0.1) is 6.20 Å². The maximum absolute atomic E-state index is 5.79. The molecular weight excluding hydrogens is 304 g/mol. The molecule has 0 aliphatic carbocycles. The van der Waals surface area contributed by atoms with E-state index in [0.29, 0.717) is 6.04 Å². The summed E-state index contributed by atoms with van der Waals surface area (Å²) in [4.78, 5) is 4.33. The summed E-state index contributed by atoms with van der Waals surface area (Å²) in [6.45, 7) is 7.21. The van der Waals surface area contributed by atoms with Gasteiger partial charge >= 0.3 is 0 Å². The summed E-state index contributed by atoms with van der Waals surface area (Å²) in [5.41, 5.74) is 2.26. The van der Waals surface area contributed by atoms with Crippen LogP contribution < -0.4 is 5.32 Å². The lowest BCUT2D eigenvalue weighted by molar-refractivity contribution is 0.484. The van der Waals surface area contributed by atoms with Crippen LogP contribution in [0.15, 0.2) is 33.3 Å². The average Bonchev–Trinajstić information content (AvgIpc) is 2.77. The van der Waals surface area contributed by atoms with Crippen LogP contribution in [0.2, 0.25) is 0 Å². The first-order valence-corrected chi connectivity index (χ1v) is 7.30. The van der Waals surface area contributed by atoms with Gasteiger partial charge in [-0.3, -0.25) is 0 Å². The Morgan fingerprint density at radius 3 is 2.84 bits per heavy atom. The van der Waals surface area contributed by atoms with Gasteiger partial charge in [-0.1, -0.05) is 35.8 Å². The Labute approximate surface area is 122 Å². The molecule has 19 heavy (non-hydrogen) atoms. The zero-order chi connectivity index (χ0) is 13.8. The van der Waals surface area contributed by atoms with Crippen LogP contribution in [0.25, 0.3) is 11.3 Å². The van der Waals surface area contributed by atoms with Crippen molar-refractivity contribution in [2.45, 2.75) is 33.2 Å². The molecule has 0 saturated heterocycles. The predicted molar refractivity (Wildman–Crippen MR) is 81.2 cm³/mol. The SMILES string of the molecule is Cc1ccc(-c2cnc(CCNC(C)C)o2)c(Br)c1. The molecule has 1 aromatic carbocycles. The van der Waals surface area contributed by atoms with Gasteiger partial charge in [-0.05, 0) is 24.6 Å². The first-order valence-electron chi connectivity index (χ1n) is 6.51. The normalized spacial score (nSPS) is 11.2. The first kappa shape index (κ1) is 14.3. The van der Waals surface area contributed by atoms with E-state index in [1.54, 1.807) is 6.20 Å². The molecule has 0 unspecified atom stereocenters. The third kappa shape index (κ3) is 3.91. The van der Waals surface area contributed by atoms with Crippen LogP contribution in [-0.4, -0.2) is 17.6 Å². The van der Waals surface area contributed by atoms with Crippen molar-refractivity contribution in [3.63, 3.8) is 0 Å². The number of aromatic nitrogens is 1. The second kappa shape index (κ2) is 6.35. The zero-order valence-corrected chi connectivity index (χ0v) is 13.1. The summed E-state index contributed by atoms with van der Waals surface area (Å²) < 4.78 is 6.83. The van der Waals surface area contributed by atoms with E-state index in [1.807, 2.05) is 0 Å². The quantitative estimate of drug-likeness (QED) is 0.905. The third-order valence-corrected chi connectivity index (χ3v) is 3.49. The van der Waals surface area contributed by atoms with Crippen molar-refractivity contribution in [1.29, 1.82) is 0 Å². The molecule has 0 spiro atoms. The minimum Gasteiger partial charge on any atom is -0.441 e. The Kier molecular flexibility index (Phi) is 4.77. The van der Waals surface area contributed by atoms with Crippen LogP contribution in [-0.2, 0) is 6.42 Å². The fraction of sp³-hybridized carbons (Fsp3) is 0.400. The average molecular weight is 323 g/mol. The van der Waals surface area contributed by atoms with Crippen molar-refractivity contribution in [1.82, 2.24) is 10.3 Å². The predicted octanol–water partition coefficient (Wildman–Crippen LogP) is 3.95. The molecule has 0 radical (unpaired) electrons. The van der Waals surface area contributed by atoms with E-state index in [9.17, 15) is 0 Å². The molecule has 102 valence electrons.